The predicted octanol–water partition coefficient (Wildman–Crippen LogP) is 2.25. The molecule has 0 radical (unpaired) electrons. The fraction of sp³-hybridized carbons (Fsp3) is 0.111. The summed E-state index contributed by atoms with van der Waals surface area (Å²) in [6.07, 6.45) is -4.74. The summed E-state index contributed by atoms with van der Waals surface area (Å²) in [4.78, 5) is 12.9. The van der Waals surface area contributed by atoms with Gasteiger partial charge in [0.05, 0.1) is 16.2 Å². The van der Waals surface area contributed by atoms with Crippen LogP contribution in [0.25, 0.3) is 11.5 Å². The second-order valence-corrected chi connectivity index (χ2v) is 3.45. The number of benzene rings is 1. The molecule has 0 atom stereocenters. The van der Waals surface area contributed by atoms with Gasteiger partial charge < -0.3 is 10.3 Å². The fourth-order valence-corrected chi connectivity index (χ4v) is 1.31. The van der Waals surface area contributed by atoms with Crippen molar-refractivity contribution in [3.05, 3.63) is 34.1 Å². The maximum absolute atomic E-state index is 12.3. The van der Waals surface area contributed by atoms with Crippen molar-refractivity contribution in [2.24, 2.45) is 0 Å². The van der Waals surface area contributed by atoms with Gasteiger partial charge in [0, 0.05) is 12.1 Å². The molecule has 2 N–H and O–H groups in total. The Balaban J connectivity index is 2.43. The van der Waals surface area contributed by atoms with Crippen molar-refractivity contribution in [3.63, 3.8) is 0 Å². The van der Waals surface area contributed by atoms with Crippen molar-refractivity contribution in [1.29, 1.82) is 0 Å². The van der Waals surface area contributed by atoms with Crippen LogP contribution >= 0.6 is 0 Å². The maximum atomic E-state index is 12.3. The molecule has 1 aromatic heterocycles. The number of nitro benzene ring substituents is 1. The minimum atomic E-state index is -4.74. The summed E-state index contributed by atoms with van der Waals surface area (Å²) in [5.74, 6) is -1.90. The van der Waals surface area contributed by atoms with Crippen molar-refractivity contribution >= 4 is 11.4 Å². The lowest BCUT2D eigenvalue weighted by Crippen LogP contribution is -2.07. The lowest BCUT2D eigenvalue weighted by Gasteiger charge is -2.00. The van der Waals surface area contributed by atoms with Gasteiger partial charge in [-0.1, -0.05) is 5.16 Å². The lowest BCUT2D eigenvalue weighted by molar-refractivity contribution is -0.384. The van der Waals surface area contributed by atoms with Crippen LogP contribution in [0, 0.1) is 10.1 Å². The first-order chi connectivity index (χ1) is 8.79. The zero-order valence-electron chi connectivity index (χ0n) is 9.01. The van der Waals surface area contributed by atoms with E-state index in [0.29, 0.717) is 0 Å². The number of aromatic nitrogens is 2. The van der Waals surface area contributed by atoms with Crippen molar-refractivity contribution in [3.8, 4) is 11.5 Å². The van der Waals surface area contributed by atoms with Crippen molar-refractivity contribution in [2.45, 2.75) is 6.18 Å². The van der Waals surface area contributed by atoms with E-state index in [1.807, 2.05) is 0 Å². The molecule has 7 nitrogen and oxygen atoms in total. The number of nitro groups is 1. The molecular formula is C9H5F3N4O3. The first-order valence-electron chi connectivity index (χ1n) is 4.74. The van der Waals surface area contributed by atoms with E-state index < -0.39 is 22.8 Å². The molecule has 0 fully saturated rings. The third-order valence-corrected chi connectivity index (χ3v) is 2.16. The average Bonchev–Trinajstić information content (AvgIpc) is 2.77. The van der Waals surface area contributed by atoms with E-state index in [2.05, 4.69) is 14.7 Å². The number of nitrogen functional groups attached to an aromatic ring is 1. The normalized spacial score (nSPS) is 11.5. The molecule has 2 aromatic rings. The molecule has 0 saturated carbocycles. The third-order valence-electron chi connectivity index (χ3n) is 2.16. The highest BCUT2D eigenvalue weighted by molar-refractivity contribution is 5.72. The molecule has 100 valence electrons. The summed E-state index contributed by atoms with van der Waals surface area (Å²) >= 11 is 0. The number of nitrogens with zero attached hydrogens (tertiary/aromatic N) is 3. The van der Waals surface area contributed by atoms with E-state index in [1.165, 1.54) is 0 Å². The first kappa shape index (κ1) is 12.8. The molecule has 0 bridgehead atoms. The van der Waals surface area contributed by atoms with Crippen LogP contribution in [0.15, 0.2) is 22.7 Å². The summed E-state index contributed by atoms with van der Waals surface area (Å²) in [6.45, 7) is 0. The molecule has 1 heterocycles. The Bertz CT molecular complexity index is 638. The van der Waals surface area contributed by atoms with E-state index in [4.69, 9.17) is 5.73 Å². The van der Waals surface area contributed by atoms with E-state index in [1.54, 1.807) is 0 Å². The van der Waals surface area contributed by atoms with Gasteiger partial charge in [0.1, 0.15) is 0 Å². The van der Waals surface area contributed by atoms with Crippen LogP contribution in [0.3, 0.4) is 0 Å². The van der Waals surface area contributed by atoms with Gasteiger partial charge >= 0.3 is 6.18 Å². The quantitative estimate of drug-likeness (QED) is 0.511. The average molecular weight is 274 g/mol. The number of nitrogens with two attached hydrogens (primary N) is 1. The number of alkyl halides is 3. The number of rotatable bonds is 2. The van der Waals surface area contributed by atoms with E-state index in [0.717, 1.165) is 18.2 Å². The second-order valence-electron chi connectivity index (χ2n) is 3.45. The van der Waals surface area contributed by atoms with Crippen LogP contribution < -0.4 is 5.73 Å². The summed E-state index contributed by atoms with van der Waals surface area (Å²) in [7, 11) is 0. The van der Waals surface area contributed by atoms with Gasteiger partial charge in [-0.25, -0.2) is 0 Å². The highest BCUT2D eigenvalue weighted by Crippen LogP contribution is 2.32. The van der Waals surface area contributed by atoms with Crippen LogP contribution in [0.2, 0.25) is 0 Å². The molecule has 19 heavy (non-hydrogen) atoms. The maximum Gasteiger partial charge on any atom is 0.455 e. The van der Waals surface area contributed by atoms with Crippen LogP contribution in [0.1, 0.15) is 5.82 Å². The number of non-ortho nitro benzene ring substituents is 1. The van der Waals surface area contributed by atoms with Crippen LogP contribution in [0.5, 0.6) is 0 Å². The first-order valence-corrected chi connectivity index (χ1v) is 4.74. The predicted molar refractivity (Wildman–Crippen MR) is 55.8 cm³/mol. The summed E-state index contributed by atoms with van der Waals surface area (Å²) in [5.41, 5.74) is 5.06. The Kier molecular flexibility index (Phi) is 2.85. The van der Waals surface area contributed by atoms with Crippen LogP contribution in [-0.4, -0.2) is 15.1 Å². The van der Waals surface area contributed by atoms with Gasteiger partial charge in [0.25, 0.3) is 17.4 Å². The lowest BCUT2D eigenvalue weighted by atomic mass is 10.1. The van der Waals surface area contributed by atoms with Gasteiger partial charge in [-0.05, 0) is 6.07 Å². The van der Waals surface area contributed by atoms with Crippen molar-refractivity contribution in [1.82, 2.24) is 10.1 Å². The molecule has 2 rings (SSSR count). The Hall–Kier alpha value is -2.65. The van der Waals surface area contributed by atoms with Gasteiger partial charge in [-0.15, -0.1) is 0 Å². The van der Waals surface area contributed by atoms with E-state index in [9.17, 15) is 23.3 Å². The number of anilines is 1. The van der Waals surface area contributed by atoms with Crippen molar-refractivity contribution < 1.29 is 22.6 Å². The SMILES string of the molecule is Nc1cc([N+](=O)[O-])ccc1-c1nc(C(F)(F)F)no1. The number of hydrogen-bond donors (Lipinski definition) is 1. The zero-order chi connectivity index (χ0) is 14.2. The Morgan fingerprint density at radius 3 is 2.53 bits per heavy atom. The molecule has 0 aliphatic heterocycles. The number of hydrogen-bond acceptors (Lipinski definition) is 6. The zero-order valence-corrected chi connectivity index (χ0v) is 9.01. The molecule has 10 heteroatoms. The smallest absolute Gasteiger partial charge is 0.398 e. The molecule has 0 aliphatic carbocycles. The van der Waals surface area contributed by atoms with E-state index >= 15 is 0 Å². The monoisotopic (exact) mass is 274 g/mol. The molecule has 1 aromatic carbocycles. The standard InChI is InChI=1S/C9H5F3N4O3/c10-9(11,12)8-14-7(19-15-8)5-2-1-4(16(17)18)3-6(5)13/h1-3H,13H2. The molecule has 0 saturated heterocycles. The molecular weight excluding hydrogens is 269 g/mol. The fourth-order valence-electron chi connectivity index (χ4n) is 1.31. The summed E-state index contributed by atoms with van der Waals surface area (Å²) < 4.78 is 41.3. The molecule has 0 amide bonds. The highest BCUT2D eigenvalue weighted by atomic mass is 19.4. The minimum absolute atomic E-state index is 0.00593. The summed E-state index contributed by atoms with van der Waals surface area (Å²) in [5, 5.41) is 13.2. The Morgan fingerprint density at radius 1 is 1.37 bits per heavy atom. The number of halogens is 3. The van der Waals surface area contributed by atoms with Gasteiger partial charge in [0.15, 0.2) is 0 Å². The molecule has 0 spiro atoms. The van der Waals surface area contributed by atoms with E-state index in [-0.39, 0.29) is 16.9 Å². The van der Waals surface area contributed by atoms with Crippen molar-refractivity contribution in [2.75, 3.05) is 5.73 Å². The Labute approximate surface area is 103 Å². The van der Waals surface area contributed by atoms with Gasteiger partial charge in [-0.3, -0.25) is 10.1 Å². The third kappa shape index (κ3) is 2.46. The minimum Gasteiger partial charge on any atom is -0.398 e. The highest BCUT2D eigenvalue weighted by Gasteiger charge is 2.37. The second kappa shape index (κ2) is 4.23. The largest absolute Gasteiger partial charge is 0.455 e. The van der Waals surface area contributed by atoms with Crippen LogP contribution in [-0.2, 0) is 6.18 Å². The van der Waals surface area contributed by atoms with Gasteiger partial charge in [0.2, 0.25) is 0 Å². The molecule has 0 unspecified atom stereocenters. The Morgan fingerprint density at radius 2 is 2.05 bits per heavy atom. The summed E-state index contributed by atoms with van der Waals surface area (Å²) in [6, 6.07) is 3.21. The molecule has 0 aliphatic rings. The van der Waals surface area contributed by atoms with Gasteiger partial charge in [-0.2, -0.15) is 18.2 Å². The topological polar surface area (TPSA) is 108 Å². The van der Waals surface area contributed by atoms with Crippen LogP contribution in [0.4, 0.5) is 24.5 Å².